The molecule has 23 heavy (non-hydrogen) atoms. The van der Waals surface area contributed by atoms with E-state index in [1.807, 2.05) is 6.92 Å². The van der Waals surface area contributed by atoms with Gasteiger partial charge in [0.1, 0.15) is 11.5 Å². The monoisotopic (exact) mass is 353 g/mol. The van der Waals surface area contributed by atoms with Gasteiger partial charge >= 0.3 is 0 Å². The van der Waals surface area contributed by atoms with Crippen molar-refractivity contribution >= 4 is 34.8 Å². The number of nitrogens with one attached hydrogen (secondary N) is 1. The average Bonchev–Trinajstić information content (AvgIpc) is 2.56. The Balaban J connectivity index is 2.12. The third kappa shape index (κ3) is 4.53. The molecular formula is C17H17Cl2NO3. The highest BCUT2D eigenvalue weighted by Gasteiger charge is 2.20. The Morgan fingerprint density at radius 3 is 2.35 bits per heavy atom. The van der Waals surface area contributed by atoms with Crippen molar-refractivity contribution in [3.05, 3.63) is 52.5 Å². The molecule has 0 aliphatic rings. The van der Waals surface area contributed by atoms with Gasteiger partial charge < -0.3 is 14.8 Å². The fourth-order valence-electron chi connectivity index (χ4n) is 1.98. The molecule has 1 atom stereocenters. The van der Waals surface area contributed by atoms with Gasteiger partial charge in [-0.1, -0.05) is 42.3 Å². The van der Waals surface area contributed by atoms with Crippen molar-refractivity contribution in [2.45, 2.75) is 19.4 Å². The minimum atomic E-state index is -0.672. The van der Waals surface area contributed by atoms with Crippen molar-refractivity contribution in [2.24, 2.45) is 0 Å². The van der Waals surface area contributed by atoms with Crippen molar-refractivity contribution in [3.8, 4) is 11.5 Å². The number of carbonyl (C=O) groups is 1. The van der Waals surface area contributed by atoms with Crippen molar-refractivity contribution in [1.29, 1.82) is 0 Å². The summed E-state index contributed by atoms with van der Waals surface area (Å²) in [4.78, 5) is 12.4. The lowest BCUT2D eigenvalue weighted by atomic mass is 10.2. The Bertz CT molecular complexity index is 671. The molecule has 0 aliphatic carbocycles. The third-order valence-corrected chi connectivity index (χ3v) is 3.82. The highest BCUT2D eigenvalue weighted by Crippen LogP contribution is 2.30. The predicted octanol–water partition coefficient (Wildman–Crippen LogP) is 4.80. The molecule has 0 saturated carbocycles. The summed E-state index contributed by atoms with van der Waals surface area (Å²) in [6, 6.07) is 12.1. The summed E-state index contributed by atoms with van der Waals surface area (Å²) in [5.41, 5.74) is 0.383. The number of amides is 1. The van der Waals surface area contributed by atoms with E-state index in [-0.39, 0.29) is 5.91 Å². The van der Waals surface area contributed by atoms with Crippen LogP contribution < -0.4 is 14.8 Å². The molecule has 0 radical (unpaired) electrons. The summed E-state index contributed by atoms with van der Waals surface area (Å²) in [6.45, 7) is 1.86. The lowest BCUT2D eigenvalue weighted by Crippen LogP contribution is -2.32. The SMILES string of the molecule is CC[C@@H](Oc1cccc(OC)c1)C(=O)Nc1c(Cl)cccc1Cl. The van der Waals surface area contributed by atoms with Crippen LogP contribution in [-0.2, 0) is 4.79 Å². The summed E-state index contributed by atoms with van der Waals surface area (Å²) in [6.07, 6.45) is -0.181. The van der Waals surface area contributed by atoms with E-state index in [1.54, 1.807) is 49.6 Å². The van der Waals surface area contributed by atoms with Crippen LogP contribution in [0.5, 0.6) is 11.5 Å². The first-order chi connectivity index (χ1) is 11.0. The molecule has 0 unspecified atom stereocenters. The third-order valence-electron chi connectivity index (χ3n) is 3.19. The van der Waals surface area contributed by atoms with Gasteiger partial charge in [0.05, 0.1) is 22.8 Å². The zero-order valence-electron chi connectivity index (χ0n) is 12.8. The van der Waals surface area contributed by atoms with Gasteiger partial charge in [-0.2, -0.15) is 0 Å². The van der Waals surface area contributed by atoms with Crippen LogP contribution in [0.15, 0.2) is 42.5 Å². The van der Waals surface area contributed by atoms with Crippen LogP contribution in [0.3, 0.4) is 0 Å². The standard InChI is InChI=1S/C17H17Cl2NO3/c1-3-15(23-12-7-4-6-11(10-12)22-2)17(21)20-16-13(18)8-5-9-14(16)19/h4-10,15H,3H2,1-2H3,(H,20,21)/t15-/m1/s1. The quantitative estimate of drug-likeness (QED) is 0.811. The predicted molar refractivity (Wildman–Crippen MR) is 92.8 cm³/mol. The molecule has 122 valence electrons. The number of rotatable bonds is 6. The molecule has 0 heterocycles. The summed E-state index contributed by atoms with van der Waals surface area (Å²) in [5, 5.41) is 3.47. The summed E-state index contributed by atoms with van der Waals surface area (Å²) in [7, 11) is 1.57. The van der Waals surface area contributed by atoms with E-state index >= 15 is 0 Å². The van der Waals surface area contributed by atoms with Gasteiger partial charge in [0, 0.05) is 6.07 Å². The Hall–Kier alpha value is -1.91. The number of hydrogen-bond donors (Lipinski definition) is 1. The molecule has 6 heteroatoms. The van der Waals surface area contributed by atoms with Gasteiger partial charge in [-0.3, -0.25) is 4.79 Å². The Morgan fingerprint density at radius 2 is 1.74 bits per heavy atom. The molecule has 0 aromatic heterocycles. The maximum Gasteiger partial charge on any atom is 0.265 e. The fourth-order valence-corrected chi connectivity index (χ4v) is 2.47. The number of para-hydroxylation sites is 1. The second-order valence-electron chi connectivity index (χ2n) is 4.78. The molecule has 0 spiro atoms. The van der Waals surface area contributed by atoms with E-state index in [0.717, 1.165) is 0 Å². The van der Waals surface area contributed by atoms with Crippen LogP contribution in [0.1, 0.15) is 13.3 Å². The molecule has 4 nitrogen and oxygen atoms in total. The second-order valence-corrected chi connectivity index (χ2v) is 5.59. The molecule has 0 bridgehead atoms. The lowest BCUT2D eigenvalue weighted by molar-refractivity contribution is -0.122. The van der Waals surface area contributed by atoms with Crippen LogP contribution in [0.25, 0.3) is 0 Å². The molecule has 1 N–H and O–H groups in total. The van der Waals surface area contributed by atoms with Crippen LogP contribution in [0.2, 0.25) is 10.0 Å². The number of hydrogen-bond acceptors (Lipinski definition) is 3. The maximum atomic E-state index is 12.4. The fraction of sp³-hybridized carbons (Fsp3) is 0.235. The van der Waals surface area contributed by atoms with Crippen molar-refractivity contribution in [2.75, 3.05) is 12.4 Å². The van der Waals surface area contributed by atoms with Gasteiger partial charge in [0.15, 0.2) is 6.10 Å². The molecule has 0 saturated heterocycles. The van der Waals surface area contributed by atoms with E-state index < -0.39 is 6.10 Å². The molecule has 0 fully saturated rings. The first-order valence-electron chi connectivity index (χ1n) is 7.10. The molecular weight excluding hydrogens is 337 g/mol. The highest BCUT2D eigenvalue weighted by molar-refractivity contribution is 6.39. The van der Waals surface area contributed by atoms with Crippen molar-refractivity contribution in [1.82, 2.24) is 0 Å². The molecule has 2 aromatic carbocycles. The van der Waals surface area contributed by atoms with Gasteiger partial charge in [0.25, 0.3) is 5.91 Å². The number of benzene rings is 2. The van der Waals surface area contributed by atoms with E-state index in [4.69, 9.17) is 32.7 Å². The van der Waals surface area contributed by atoms with Crippen LogP contribution in [0, 0.1) is 0 Å². The number of methoxy groups -OCH3 is 1. The van der Waals surface area contributed by atoms with Gasteiger partial charge in [-0.05, 0) is 30.7 Å². The zero-order valence-corrected chi connectivity index (χ0v) is 14.3. The van der Waals surface area contributed by atoms with Crippen LogP contribution in [-0.4, -0.2) is 19.1 Å². The normalized spacial score (nSPS) is 11.7. The zero-order chi connectivity index (χ0) is 16.8. The van der Waals surface area contributed by atoms with Crippen LogP contribution in [0.4, 0.5) is 5.69 Å². The summed E-state index contributed by atoms with van der Waals surface area (Å²) >= 11 is 12.1. The minimum Gasteiger partial charge on any atom is -0.497 e. The van der Waals surface area contributed by atoms with E-state index in [9.17, 15) is 4.79 Å². The molecule has 0 aliphatic heterocycles. The van der Waals surface area contributed by atoms with Gasteiger partial charge in [-0.15, -0.1) is 0 Å². The number of halogens is 2. The Kier molecular flexibility index (Phi) is 6.13. The van der Waals surface area contributed by atoms with Crippen molar-refractivity contribution in [3.63, 3.8) is 0 Å². The Morgan fingerprint density at radius 1 is 1.13 bits per heavy atom. The molecule has 2 rings (SSSR count). The van der Waals surface area contributed by atoms with E-state index in [1.165, 1.54) is 0 Å². The highest BCUT2D eigenvalue weighted by atomic mass is 35.5. The smallest absolute Gasteiger partial charge is 0.265 e. The number of carbonyl (C=O) groups excluding carboxylic acids is 1. The number of anilines is 1. The van der Waals surface area contributed by atoms with E-state index in [2.05, 4.69) is 5.32 Å². The first-order valence-corrected chi connectivity index (χ1v) is 7.86. The van der Waals surface area contributed by atoms with E-state index in [0.29, 0.717) is 33.7 Å². The summed E-state index contributed by atoms with van der Waals surface area (Å²) in [5.74, 6) is 0.897. The first kappa shape index (κ1) is 17.4. The molecule has 2 aromatic rings. The second kappa shape index (κ2) is 8.09. The summed E-state index contributed by atoms with van der Waals surface area (Å²) < 4.78 is 10.9. The van der Waals surface area contributed by atoms with Gasteiger partial charge in [-0.25, -0.2) is 0 Å². The minimum absolute atomic E-state index is 0.315. The van der Waals surface area contributed by atoms with Gasteiger partial charge in [0.2, 0.25) is 0 Å². The average molecular weight is 354 g/mol. The lowest BCUT2D eigenvalue weighted by Gasteiger charge is -2.18. The van der Waals surface area contributed by atoms with Crippen LogP contribution >= 0.6 is 23.2 Å². The van der Waals surface area contributed by atoms with Crippen molar-refractivity contribution < 1.29 is 14.3 Å². The molecule has 1 amide bonds. The number of ether oxygens (including phenoxy) is 2. The largest absolute Gasteiger partial charge is 0.497 e. The maximum absolute atomic E-state index is 12.4. The topological polar surface area (TPSA) is 47.6 Å². The Labute approximate surface area is 145 Å².